The molecule has 5 rings (SSSR count). The monoisotopic (exact) mass is 448 g/mol. The van der Waals surface area contributed by atoms with Gasteiger partial charge in [0.25, 0.3) is 11.6 Å². The van der Waals surface area contributed by atoms with E-state index in [1.807, 2.05) is 6.92 Å². The van der Waals surface area contributed by atoms with Crippen LogP contribution in [0.1, 0.15) is 41.1 Å². The third-order valence-corrected chi connectivity index (χ3v) is 6.27. The number of anilines is 1. The second kappa shape index (κ2) is 8.12. The maximum atomic E-state index is 13.1. The molecule has 1 amide bonds. The van der Waals surface area contributed by atoms with Gasteiger partial charge in [0.15, 0.2) is 10.8 Å². The first kappa shape index (κ1) is 20.3. The third-order valence-electron chi connectivity index (χ3n) is 5.51. The lowest BCUT2D eigenvalue weighted by molar-refractivity contribution is -0.384. The molecule has 3 aromatic heterocycles. The highest BCUT2D eigenvalue weighted by molar-refractivity contribution is 7.14. The van der Waals surface area contributed by atoms with Gasteiger partial charge in [-0.3, -0.25) is 20.2 Å². The van der Waals surface area contributed by atoms with Crippen LogP contribution in [0.15, 0.2) is 35.7 Å². The van der Waals surface area contributed by atoms with Gasteiger partial charge >= 0.3 is 0 Å². The van der Waals surface area contributed by atoms with E-state index in [0.717, 1.165) is 43.0 Å². The number of fused-ring (bicyclic) bond motifs is 3. The number of imidazole rings is 1. The molecule has 1 aliphatic heterocycles. The average Bonchev–Trinajstić information content (AvgIpc) is 3.30. The zero-order chi connectivity index (χ0) is 22.2. The number of nitro groups is 1. The molecule has 0 radical (unpaired) electrons. The highest BCUT2D eigenvalue weighted by Crippen LogP contribution is 2.29. The van der Waals surface area contributed by atoms with Crippen molar-refractivity contribution in [3.63, 3.8) is 0 Å². The summed E-state index contributed by atoms with van der Waals surface area (Å²) >= 11 is 1.27. The van der Waals surface area contributed by atoms with E-state index in [4.69, 9.17) is 4.98 Å². The molecule has 0 fully saturated rings. The summed E-state index contributed by atoms with van der Waals surface area (Å²) in [5.41, 5.74) is 3.78. The zero-order valence-electron chi connectivity index (χ0n) is 17.4. The van der Waals surface area contributed by atoms with Gasteiger partial charge in [-0.25, -0.2) is 15.0 Å². The van der Waals surface area contributed by atoms with Gasteiger partial charge in [0.2, 0.25) is 0 Å². The van der Waals surface area contributed by atoms with E-state index in [0.29, 0.717) is 27.5 Å². The summed E-state index contributed by atoms with van der Waals surface area (Å²) in [5, 5.41) is 16.1. The van der Waals surface area contributed by atoms with Gasteiger partial charge in [-0.15, -0.1) is 11.3 Å². The van der Waals surface area contributed by atoms with Crippen molar-refractivity contribution < 1.29 is 9.72 Å². The van der Waals surface area contributed by atoms with Crippen molar-refractivity contribution in [2.24, 2.45) is 0 Å². The van der Waals surface area contributed by atoms with Crippen LogP contribution in [0.25, 0.3) is 22.4 Å². The summed E-state index contributed by atoms with van der Waals surface area (Å²) in [5.74, 6) is 0.681. The molecular formula is C22H20N6O3S. The lowest BCUT2D eigenvalue weighted by Gasteiger charge is -2.06. The fourth-order valence-electron chi connectivity index (χ4n) is 4.00. The third kappa shape index (κ3) is 3.73. The Morgan fingerprint density at radius 2 is 2.06 bits per heavy atom. The molecular weight excluding hydrogens is 428 g/mol. The van der Waals surface area contributed by atoms with Crippen molar-refractivity contribution in [3.8, 4) is 11.3 Å². The summed E-state index contributed by atoms with van der Waals surface area (Å²) in [7, 11) is 0. The number of nitro benzene ring substituents is 1. The summed E-state index contributed by atoms with van der Waals surface area (Å²) in [4.78, 5) is 37.6. The van der Waals surface area contributed by atoms with Gasteiger partial charge < -0.3 is 4.57 Å². The van der Waals surface area contributed by atoms with E-state index in [-0.39, 0.29) is 11.6 Å². The Morgan fingerprint density at radius 1 is 1.19 bits per heavy atom. The summed E-state index contributed by atoms with van der Waals surface area (Å²) in [6, 6.07) is 8.02. The van der Waals surface area contributed by atoms with Crippen LogP contribution in [-0.2, 0) is 13.0 Å². The normalized spacial score (nSPS) is 13.5. The topological polar surface area (TPSA) is 116 Å². The summed E-state index contributed by atoms with van der Waals surface area (Å²) < 4.78 is 2.13. The molecule has 162 valence electrons. The molecule has 0 bridgehead atoms. The molecule has 0 atom stereocenters. The molecule has 1 aromatic carbocycles. The molecule has 0 saturated heterocycles. The number of amides is 1. The number of pyridine rings is 1. The number of aryl methyl sites for hydroxylation is 3. The van der Waals surface area contributed by atoms with Crippen LogP contribution in [0, 0.1) is 17.0 Å². The molecule has 0 unspecified atom stereocenters. The van der Waals surface area contributed by atoms with E-state index in [1.165, 1.54) is 29.9 Å². The van der Waals surface area contributed by atoms with Crippen LogP contribution >= 0.6 is 11.3 Å². The first-order valence-corrected chi connectivity index (χ1v) is 11.3. The van der Waals surface area contributed by atoms with E-state index in [9.17, 15) is 14.9 Å². The lowest BCUT2D eigenvalue weighted by atomic mass is 10.1. The Balaban J connectivity index is 1.45. The van der Waals surface area contributed by atoms with Crippen LogP contribution in [0.2, 0.25) is 0 Å². The maximum Gasteiger partial charge on any atom is 0.270 e. The molecule has 4 heterocycles. The molecule has 0 saturated carbocycles. The fraction of sp³-hybridized carbons (Fsp3) is 0.273. The number of non-ortho nitro benzene ring substituents is 1. The molecule has 32 heavy (non-hydrogen) atoms. The van der Waals surface area contributed by atoms with Crippen LogP contribution in [0.5, 0.6) is 0 Å². The van der Waals surface area contributed by atoms with Crippen molar-refractivity contribution in [1.29, 1.82) is 0 Å². The van der Waals surface area contributed by atoms with Gasteiger partial charge in [0, 0.05) is 41.7 Å². The second-order valence-corrected chi connectivity index (χ2v) is 8.63. The van der Waals surface area contributed by atoms with Crippen molar-refractivity contribution in [2.45, 2.75) is 39.2 Å². The van der Waals surface area contributed by atoms with Crippen LogP contribution in [0.3, 0.4) is 0 Å². The quantitative estimate of drug-likeness (QED) is 0.356. The SMILES string of the molecule is Cc1cc(C(=O)Nc2nc(-c3cccc([N+](=O)[O-])c3)cs2)c2nc3n(c2n1)CCCCC3. The Hall–Kier alpha value is -3.66. The van der Waals surface area contributed by atoms with Crippen molar-refractivity contribution >= 4 is 39.2 Å². The van der Waals surface area contributed by atoms with Crippen LogP contribution < -0.4 is 5.32 Å². The van der Waals surface area contributed by atoms with Crippen LogP contribution in [0.4, 0.5) is 10.8 Å². The predicted molar refractivity (Wildman–Crippen MR) is 122 cm³/mol. The van der Waals surface area contributed by atoms with Gasteiger partial charge in [-0.05, 0) is 25.8 Å². The minimum atomic E-state index is -0.442. The van der Waals surface area contributed by atoms with E-state index in [2.05, 4.69) is 19.9 Å². The van der Waals surface area contributed by atoms with E-state index in [1.54, 1.807) is 23.6 Å². The van der Waals surface area contributed by atoms with Crippen molar-refractivity contribution in [1.82, 2.24) is 19.5 Å². The minimum absolute atomic E-state index is 0.00436. The maximum absolute atomic E-state index is 13.1. The number of carbonyl (C=O) groups excluding carboxylic acids is 1. The number of rotatable bonds is 4. The Bertz CT molecular complexity index is 1360. The Morgan fingerprint density at radius 3 is 2.91 bits per heavy atom. The van der Waals surface area contributed by atoms with Gasteiger partial charge in [-0.1, -0.05) is 18.6 Å². The molecule has 9 nitrogen and oxygen atoms in total. The molecule has 10 heteroatoms. The minimum Gasteiger partial charge on any atom is -0.313 e. The van der Waals surface area contributed by atoms with Crippen molar-refractivity contribution in [3.05, 3.63) is 62.9 Å². The number of hydrogen-bond donors (Lipinski definition) is 1. The van der Waals surface area contributed by atoms with E-state index >= 15 is 0 Å². The number of thiazole rings is 1. The molecule has 0 spiro atoms. The number of carbonyl (C=O) groups is 1. The number of nitrogens with zero attached hydrogens (tertiary/aromatic N) is 5. The number of hydrogen-bond acceptors (Lipinski definition) is 7. The predicted octanol–water partition coefficient (Wildman–Crippen LogP) is 4.75. The molecule has 4 aromatic rings. The van der Waals surface area contributed by atoms with Gasteiger partial charge in [0.1, 0.15) is 11.3 Å². The molecule has 1 aliphatic rings. The average molecular weight is 449 g/mol. The van der Waals surface area contributed by atoms with Crippen LogP contribution in [-0.4, -0.2) is 30.3 Å². The Kier molecular flexibility index (Phi) is 5.14. The Labute approximate surface area is 187 Å². The highest BCUT2D eigenvalue weighted by Gasteiger charge is 2.21. The lowest BCUT2D eigenvalue weighted by Crippen LogP contribution is -2.13. The number of aromatic nitrogens is 4. The number of nitrogens with one attached hydrogen (secondary N) is 1. The highest BCUT2D eigenvalue weighted by atomic mass is 32.1. The first-order chi connectivity index (χ1) is 15.5. The second-order valence-electron chi connectivity index (χ2n) is 7.77. The molecule has 1 N–H and O–H groups in total. The largest absolute Gasteiger partial charge is 0.313 e. The molecule has 0 aliphatic carbocycles. The van der Waals surface area contributed by atoms with E-state index < -0.39 is 4.92 Å². The smallest absolute Gasteiger partial charge is 0.270 e. The summed E-state index contributed by atoms with van der Waals surface area (Å²) in [6.07, 6.45) is 4.22. The van der Waals surface area contributed by atoms with Gasteiger partial charge in [-0.2, -0.15) is 0 Å². The standard InChI is InChI=1S/C22H20N6O3S/c1-13-10-16(19-20(23-13)27-9-4-2-3-8-18(27)25-19)21(29)26-22-24-17(12-32-22)14-6-5-7-15(11-14)28(30)31/h5-7,10-12H,2-4,8-9H2,1H3,(H,24,26,29). The fourth-order valence-corrected chi connectivity index (χ4v) is 4.71. The zero-order valence-corrected chi connectivity index (χ0v) is 18.2. The summed E-state index contributed by atoms with van der Waals surface area (Å²) in [6.45, 7) is 2.74. The van der Waals surface area contributed by atoms with Crippen molar-refractivity contribution in [2.75, 3.05) is 5.32 Å². The number of benzene rings is 1. The van der Waals surface area contributed by atoms with Gasteiger partial charge in [0.05, 0.1) is 16.2 Å². The first-order valence-electron chi connectivity index (χ1n) is 10.4.